The van der Waals surface area contributed by atoms with E-state index in [0.717, 1.165) is 24.0 Å². The highest BCUT2D eigenvalue weighted by Gasteiger charge is 2.37. The molecular formula is C18H25N3O3S2. The molecule has 0 bridgehead atoms. The first kappa shape index (κ1) is 18.2. The average molecular weight is 396 g/mol. The number of hydrogen-bond donors (Lipinski definition) is 0. The maximum atomic E-state index is 12.8. The predicted octanol–water partition coefficient (Wildman–Crippen LogP) is 2.56. The number of fused-ring (bicyclic) bond motifs is 1. The van der Waals surface area contributed by atoms with Gasteiger partial charge in [0.05, 0.1) is 11.9 Å². The zero-order valence-electron chi connectivity index (χ0n) is 15.0. The molecule has 2 aromatic heterocycles. The molecule has 142 valence electrons. The minimum atomic E-state index is -3.28. The average Bonchev–Trinajstić information content (AvgIpc) is 3.38. The molecule has 0 N–H and O–H groups in total. The van der Waals surface area contributed by atoms with E-state index in [1.165, 1.54) is 4.70 Å². The van der Waals surface area contributed by atoms with Gasteiger partial charge in [-0.1, -0.05) is 0 Å². The summed E-state index contributed by atoms with van der Waals surface area (Å²) in [5.74, 6) is 1.50. The maximum Gasteiger partial charge on any atom is 0.216 e. The molecule has 2 aliphatic rings. The zero-order valence-corrected chi connectivity index (χ0v) is 16.6. The van der Waals surface area contributed by atoms with E-state index in [4.69, 9.17) is 4.74 Å². The second-order valence-corrected chi connectivity index (χ2v) is 9.92. The van der Waals surface area contributed by atoms with E-state index >= 15 is 0 Å². The van der Waals surface area contributed by atoms with E-state index in [-0.39, 0.29) is 11.9 Å². The summed E-state index contributed by atoms with van der Waals surface area (Å²) in [6, 6.07) is 4.11. The third-order valence-corrected chi connectivity index (χ3v) is 7.98. The van der Waals surface area contributed by atoms with E-state index in [9.17, 15) is 8.42 Å². The Bertz CT molecular complexity index is 855. The van der Waals surface area contributed by atoms with E-state index < -0.39 is 10.0 Å². The van der Waals surface area contributed by atoms with Crippen molar-refractivity contribution in [2.75, 3.05) is 43.4 Å². The maximum absolute atomic E-state index is 12.8. The summed E-state index contributed by atoms with van der Waals surface area (Å²) in [5.41, 5.74) is 0. The Morgan fingerprint density at radius 1 is 1.27 bits per heavy atom. The molecular weight excluding hydrogens is 370 g/mol. The first-order valence-electron chi connectivity index (χ1n) is 9.25. The molecule has 8 heteroatoms. The summed E-state index contributed by atoms with van der Waals surface area (Å²) in [6.07, 6.45) is 3.86. The summed E-state index contributed by atoms with van der Waals surface area (Å²) in [6.45, 7) is 4.86. The van der Waals surface area contributed by atoms with Gasteiger partial charge in [0.25, 0.3) is 0 Å². The molecule has 3 heterocycles. The van der Waals surface area contributed by atoms with Crippen molar-refractivity contribution in [2.24, 2.45) is 5.92 Å². The molecule has 6 nitrogen and oxygen atoms in total. The SMILES string of the molecule is CCOC(CS(=O)(=O)N1CCN(c2nccc3sccc23)CC1)C1CC1. The van der Waals surface area contributed by atoms with Gasteiger partial charge in [0, 0.05) is 49.1 Å². The van der Waals surface area contributed by atoms with Gasteiger partial charge in [-0.2, -0.15) is 4.31 Å². The second-order valence-electron chi connectivity index (χ2n) is 6.96. The minimum Gasteiger partial charge on any atom is -0.377 e. The van der Waals surface area contributed by atoms with Crippen LogP contribution in [-0.4, -0.2) is 62.3 Å². The smallest absolute Gasteiger partial charge is 0.216 e. The Hall–Kier alpha value is -1.22. The van der Waals surface area contributed by atoms with Crippen LogP contribution in [0, 0.1) is 5.92 Å². The monoisotopic (exact) mass is 395 g/mol. The number of nitrogens with zero attached hydrogens (tertiary/aromatic N) is 3. The quantitative estimate of drug-likeness (QED) is 0.721. The van der Waals surface area contributed by atoms with E-state index in [1.807, 2.05) is 19.2 Å². The van der Waals surface area contributed by atoms with Gasteiger partial charge in [-0.15, -0.1) is 11.3 Å². The zero-order chi connectivity index (χ0) is 18.1. The van der Waals surface area contributed by atoms with Gasteiger partial charge >= 0.3 is 0 Å². The molecule has 1 unspecified atom stereocenters. The number of pyridine rings is 1. The fraction of sp³-hybridized carbons (Fsp3) is 0.611. The van der Waals surface area contributed by atoms with Gasteiger partial charge < -0.3 is 9.64 Å². The molecule has 1 saturated heterocycles. The topological polar surface area (TPSA) is 62.7 Å². The van der Waals surface area contributed by atoms with Crippen LogP contribution < -0.4 is 4.90 Å². The molecule has 26 heavy (non-hydrogen) atoms. The minimum absolute atomic E-state index is 0.115. The van der Waals surface area contributed by atoms with Crippen LogP contribution in [0.2, 0.25) is 0 Å². The summed E-state index contributed by atoms with van der Waals surface area (Å²) in [7, 11) is -3.28. The van der Waals surface area contributed by atoms with Crippen molar-refractivity contribution in [3.63, 3.8) is 0 Å². The van der Waals surface area contributed by atoms with Crippen LogP contribution in [0.3, 0.4) is 0 Å². The third kappa shape index (κ3) is 3.74. The number of sulfonamides is 1. The number of aromatic nitrogens is 1. The normalized spacial score (nSPS) is 20.6. The Labute approximate surface area is 158 Å². The van der Waals surface area contributed by atoms with Gasteiger partial charge in [0.15, 0.2) is 0 Å². The molecule has 2 fully saturated rings. The van der Waals surface area contributed by atoms with Crippen molar-refractivity contribution in [1.29, 1.82) is 0 Å². The fourth-order valence-corrected chi connectivity index (χ4v) is 6.12. The van der Waals surface area contributed by atoms with E-state index in [0.29, 0.717) is 38.7 Å². The molecule has 4 rings (SSSR count). The molecule has 1 aliphatic heterocycles. The molecule has 0 amide bonds. The Morgan fingerprint density at radius 2 is 2.04 bits per heavy atom. The highest BCUT2D eigenvalue weighted by molar-refractivity contribution is 7.89. The Balaban J connectivity index is 1.42. The molecule has 1 aliphatic carbocycles. The predicted molar refractivity (Wildman–Crippen MR) is 105 cm³/mol. The van der Waals surface area contributed by atoms with Crippen LogP contribution in [0.25, 0.3) is 10.1 Å². The standard InChI is InChI=1S/C18H25N3O3S2/c1-2-24-16(14-3-4-14)13-26(22,23)21-10-8-20(9-11-21)18-15-6-12-25-17(15)5-7-19-18/h5-7,12,14,16H,2-4,8-11,13H2,1H3. The van der Waals surface area contributed by atoms with Gasteiger partial charge in [-0.05, 0) is 43.2 Å². The highest BCUT2D eigenvalue weighted by Crippen LogP contribution is 2.35. The van der Waals surface area contributed by atoms with Crippen LogP contribution in [0.15, 0.2) is 23.7 Å². The van der Waals surface area contributed by atoms with Crippen molar-refractivity contribution < 1.29 is 13.2 Å². The summed E-state index contributed by atoms with van der Waals surface area (Å²) < 4.78 is 34.2. The highest BCUT2D eigenvalue weighted by atomic mass is 32.2. The lowest BCUT2D eigenvalue weighted by molar-refractivity contribution is 0.0623. The lowest BCUT2D eigenvalue weighted by Gasteiger charge is -2.35. The second kappa shape index (κ2) is 7.42. The number of ether oxygens (including phenoxy) is 1. The van der Waals surface area contributed by atoms with E-state index in [1.54, 1.807) is 15.6 Å². The van der Waals surface area contributed by atoms with Gasteiger partial charge in [-0.3, -0.25) is 0 Å². The van der Waals surface area contributed by atoms with Gasteiger partial charge in [0.1, 0.15) is 5.82 Å². The van der Waals surface area contributed by atoms with Gasteiger partial charge in [-0.25, -0.2) is 13.4 Å². The lowest BCUT2D eigenvalue weighted by Crippen LogP contribution is -2.50. The van der Waals surface area contributed by atoms with Crippen molar-refractivity contribution in [1.82, 2.24) is 9.29 Å². The molecule has 1 atom stereocenters. The van der Waals surface area contributed by atoms with Crippen molar-refractivity contribution >= 4 is 37.3 Å². The first-order chi connectivity index (χ1) is 12.6. The number of thiophene rings is 1. The molecule has 0 radical (unpaired) electrons. The van der Waals surface area contributed by atoms with Crippen molar-refractivity contribution in [2.45, 2.75) is 25.9 Å². The molecule has 2 aromatic rings. The third-order valence-electron chi connectivity index (χ3n) is 5.19. The van der Waals surface area contributed by atoms with Crippen LogP contribution in [0.1, 0.15) is 19.8 Å². The number of anilines is 1. The number of piperazine rings is 1. The number of hydrogen-bond acceptors (Lipinski definition) is 6. The van der Waals surface area contributed by atoms with Crippen LogP contribution in [0.5, 0.6) is 0 Å². The lowest BCUT2D eigenvalue weighted by atomic mass is 10.2. The van der Waals surface area contributed by atoms with Crippen molar-refractivity contribution in [3.8, 4) is 0 Å². The number of rotatable bonds is 7. The molecule has 1 saturated carbocycles. The Kier molecular flexibility index (Phi) is 5.18. The molecule has 0 aromatic carbocycles. The van der Waals surface area contributed by atoms with Crippen molar-refractivity contribution in [3.05, 3.63) is 23.7 Å². The van der Waals surface area contributed by atoms with Crippen LogP contribution in [-0.2, 0) is 14.8 Å². The van der Waals surface area contributed by atoms with Crippen LogP contribution >= 0.6 is 11.3 Å². The first-order valence-corrected chi connectivity index (χ1v) is 11.7. The summed E-state index contributed by atoms with van der Waals surface area (Å²) >= 11 is 1.70. The summed E-state index contributed by atoms with van der Waals surface area (Å²) in [5, 5.41) is 3.22. The Morgan fingerprint density at radius 3 is 2.73 bits per heavy atom. The summed E-state index contributed by atoms with van der Waals surface area (Å²) in [4.78, 5) is 6.74. The van der Waals surface area contributed by atoms with E-state index in [2.05, 4.69) is 21.3 Å². The fourth-order valence-electron chi connectivity index (χ4n) is 3.63. The van der Waals surface area contributed by atoms with Gasteiger partial charge in [0.2, 0.25) is 10.0 Å². The molecule has 0 spiro atoms. The van der Waals surface area contributed by atoms with Crippen LogP contribution in [0.4, 0.5) is 5.82 Å². The largest absolute Gasteiger partial charge is 0.377 e.